The van der Waals surface area contributed by atoms with Crippen molar-refractivity contribution in [3.63, 3.8) is 0 Å². The molecule has 0 radical (unpaired) electrons. The summed E-state index contributed by atoms with van der Waals surface area (Å²) < 4.78 is 0. The zero-order valence-corrected chi connectivity index (χ0v) is 14.0. The van der Waals surface area contributed by atoms with Crippen LogP contribution < -0.4 is 15.5 Å². The number of carbonyl (C=O) groups is 2. The average Bonchev–Trinajstić information content (AvgIpc) is 2.94. The van der Waals surface area contributed by atoms with E-state index < -0.39 is 6.04 Å². The molecular weight excluding hydrogens is 326 g/mol. The van der Waals surface area contributed by atoms with Gasteiger partial charge in [-0.15, -0.1) is 0 Å². The summed E-state index contributed by atoms with van der Waals surface area (Å²) in [6.07, 6.45) is 0.505. The summed E-state index contributed by atoms with van der Waals surface area (Å²) in [6.45, 7) is 2.38. The number of nitrogens with zero attached hydrogens (tertiary/aromatic N) is 1. The van der Waals surface area contributed by atoms with Crippen molar-refractivity contribution in [1.82, 2.24) is 5.32 Å². The van der Waals surface area contributed by atoms with Gasteiger partial charge in [-0.1, -0.05) is 35.9 Å². The van der Waals surface area contributed by atoms with Crippen molar-refractivity contribution in [3.05, 3.63) is 59.1 Å². The SMILES string of the molecule is CCNC(=O)C1Cc2ccccc2N1C(=O)Nc1cccc(Cl)c1. The second-order valence-electron chi connectivity index (χ2n) is 5.55. The highest BCUT2D eigenvalue weighted by atomic mass is 35.5. The van der Waals surface area contributed by atoms with Crippen LogP contribution in [0.15, 0.2) is 48.5 Å². The lowest BCUT2D eigenvalue weighted by atomic mass is 10.1. The van der Waals surface area contributed by atoms with Crippen LogP contribution >= 0.6 is 11.6 Å². The van der Waals surface area contributed by atoms with Gasteiger partial charge in [-0.3, -0.25) is 9.69 Å². The standard InChI is InChI=1S/C18H18ClN3O2/c1-2-20-17(23)16-10-12-6-3-4-9-15(12)22(16)18(24)21-14-8-5-7-13(19)11-14/h3-9,11,16H,2,10H2,1H3,(H,20,23)(H,21,24). The number of para-hydroxylation sites is 1. The first-order valence-electron chi connectivity index (χ1n) is 7.81. The van der Waals surface area contributed by atoms with Crippen molar-refractivity contribution in [2.45, 2.75) is 19.4 Å². The second-order valence-corrected chi connectivity index (χ2v) is 5.99. The molecule has 24 heavy (non-hydrogen) atoms. The molecule has 2 N–H and O–H groups in total. The van der Waals surface area contributed by atoms with E-state index in [0.29, 0.717) is 23.7 Å². The van der Waals surface area contributed by atoms with Gasteiger partial charge in [0.05, 0.1) is 0 Å². The smallest absolute Gasteiger partial charge is 0.327 e. The summed E-state index contributed by atoms with van der Waals surface area (Å²) in [6, 6.07) is 13.6. The first-order chi connectivity index (χ1) is 11.6. The number of carbonyl (C=O) groups excluding carboxylic acids is 2. The van der Waals surface area contributed by atoms with Crippen LogP contribution in [0.3, 0.4) is 0 Å². The molecule has 3 amide bonds. The summed E-state index contributed by atoms with van der Waals surface area (Å²) in [4.78, 5) is 26.7. The molecule has 1 aliphatic rings. The molecule has 5 nitrogen and oxygen atoms in total. The predicted octanol–water partition coefficient (Wildman–Crippen LogP) is 3.44. The van der Waals surface area contributed by atoms with Gasteiger partial charge in [0.1, 0.15) is 6.04 Å². The Morgan fingerprint density at radius 3 is 2.75 bits per heavy atom. The summed E-state index contributed by atoms with van der Waals surface area (Å²) >= 11 is 5.96. The molecule has 1 unspecified atom stereocenters. The molecule has 2 aromatic rings. The fourth-order valence-corrected chi connectivity index (χ4v) is 3.08. The van der Waals surface area contributed by atoms with Crippen LogP contribution in [0.5, 0.6) is 0 Å². The Bertz CT molecular complexity index is 778. The van der Waals surface area contributed by atoms with Gasteiger partial charge in [-0.05, 0) is 36.8 Å². The third-order valence-electron chi connectivity index (χ3n) is 3.92. The highest BCUT2D eigenvalue weighted by Crippen LogP contribution is 2.32. The molecule has 0 aliphatic carbocycles. The molecule has 3 rings (SSSR count). The molecule has 0 saturated heterocycles. The minimum atomic E-state index is -0.554. The molecule has 0 spiro atoms. The third-order valence-corrected chi connectivity index (χ3v) is 4.16. The maximum atomic E-state index is 12.8. The van der Waals surface area contributed by atoms with Crippen LogP contribution in [0.25, 0.3) is 0 Å². The minimum Gasteiger partial charge on any atom is -0.355 e. The Labute approximate surface area is 145 Å². The number of anilines is 2. The van der Waals surface area contributed by atoms with Crippen LogP contribution in [-0.4, -0.2) is 24.5 Å². The molecule has 0 saturated carbocycles. The molecule has 124 valence electrons. The fourth-order valence-electron chi connectivity index (χ4n) is 2.89. The Morgan fingerprint density at radius 2 is 2.00 bits per heavy atom. The third kappa shape index (κ3) is 3.21. The van der Waals surface area contributed by atoms with Gasteiger partial charge in [-0.25, -0.2) is 4.79 Å². The molecule has 1 atom stereocenters. The number of halogens is 1. The van der Waals surface area contributed by atoms with Gasteiger partial charge >= 0.3 is 6.03 Å². The van der Waals surface area contributed by atoms with Gasteiger partial charge in [0.15, 0.2) is 0 Å². The van der Waals surface area contributed by atoms with Crippen LogP contribution in [-0.2, 0) is 11.2 Å². The molecule has 2 aromatic carbocycles. The highest BCUT2D eigenvalue weighted by Gasteiger charge is 2.38. The van der Waals surface area contributed by atoms with Crippen molar-refractivity contribution in [2.75, 3.05) is 16.8 Å². The first kappa shape index (κ1) is 16.3. The number of benzene rings is 2. The monoisotopic (exact) mass is 343 g/mol. The molecule has 0 bridgehead atoms. The van der Waals surface area contributed by atoms with E-state index in [-0.39, 0.29) is 11.9 Å². The number of urea groups is 1. The maximum absolute atomic E-state index is 12.8. The topological polar surface area (TPSA) is 61.4 Å². The van der Waals surface area contributed by atoms with Crippen molar-refractivity contribution in [1.29, 1.82) is 0 Å². The lowest BCUT2D eigenvalue weighted by Crippen LogP contribution is -2.49. The van der Waals surface area contributed by atoms with Crippen molar-refractivity contribution >= 4 is 34.9 Å². The first-order valence-corrected chi connectivity index (χ1v) is 8.19. The highest BCUT2D eigenvalue weighted by molar-refractivity contribution is 6.31. The second kappa shape index (κ2) is 6.93. The van der Waals surface area contributed by atoms with Gasteiger partial charge in [0, 0.05) is 29.4 Å². The lowest BCUT2D eigenvalue weighted by Gasteiger charge is -2.25. The van der Waals surface area contributed by atoms with Crippen LogP contribution in [0, 0.1) is 0 Å². The van der Waals surface area contributed by atoms with E-state index in [4.69, 9.17) is 11.6 Å². The number of hydrogen-bond donors (Lipinski definition) is 2. The summed E-state index contributed by atoms with van der Waals surface area (Å²) in [5.41, 5.74) is 2.33. The van der Waals surface area contributed by atoms with Crippen molar-refractivity contribution < 1.29 is 9.59 Å². The molecule has 1 aliphatic heterocycles. The van der Waals surface area contributed by atoms with E-state index in [9.17, 15) is 9.59 Å². The predicted molar refractivity (Wildman–Crippen MR) is 95.6 cm³/mol. The molecule has 6 heteroatoms. The number of rotatable bonds is 3. The maximum Gasteiger partial charge on any atom is 0.327 e. The number of nitrogens with one attached hydrogen (secondary N) is 2. The van der Waals surface area contributed by atoms with Gasteiger partial charge < -0.3 is 10.6 Å². The Kier molecular flexibility index (Phi) is 4.71. The van der Waals surface area contributed by atoms with Crippen molar-refractivity contribution in [3.8, 4) is 0 Å². The zero-order valence-electron chi connectivity index (χ0n) is 13.3. The van der Waals surface area contributed by atoms with E-state index in [2.05, 4.69) is 10.6 Å². The van der Waals surface area contributed by atoms with E-state index in [0.717, 1.165) is 11.3 Å². The van der Waals surface area contributed by atoms with Gasteiger partial charge in [0.25, 0.3) is 0 Å². The number of hydrogen-bond acceptors (Lipinski definition) is 2. The minimum absolute atomic E-state index is 0.157. The zero-order chi connectivity index (χ0) is 17.1. The Hall–Kier alpha value is -2.53. The van der Waals surface area contributed by atoms with Crippen LogP contribution in [0.1, 0.15) is 12.5 Å². The fraction of sp³-hybridized carbons (Fsp3) is 0.222. The lowest BCUT2D eigenvalue weighted by molar-refractivity contribution is -0.122. The Balaban J connectivity index is 1.89. The molecule has 1 heterocycles. The quantitative estimate of drug-likeness (QED) is 0.896. The van der Waals surface area contributed by atoms with Crippen LogP contribution in [0.2, 0.25) is 5.02 Å². The summed E-state index contributed by atoms with van der Waals surface area (Å²) in [5.74, 6) is -0.157. The van der Waals surface area contributed by atoms with E-state index in [1.807, 2.05) is 31.2 Å². The largest absolute Gasteiger partial charge is 0.355 e. The van der Waals surface area contributed by atoms with Crippen LogP contribution in [0.4, 0.5) is 16.2 Å². The molecular formula is C18H18ClN3O2. The number of likely N-dealkylation sites (N-methyl/N-ethyl adjacent to an activating group) is 1. The summed E-state index contributed by atoms with van der Waals surface area (Å²) in [5, 5.41) is 6.15. The Morgan fingerprint density at radius 1 is 1.21 bits per heavy atom. The number of fused-ring (bicyclic) bond motifs is 1. The van der Waals surface area contributed by atoms with Crippen molar-refractivity contribution in [2.24, 2.45) is 0 Å². The van der Waals surface area contributed by atoms with E-state index in [1.54, 1.807) is 24.3 Å². The molecule has 0 fully saturated rings. The number of amides is 3. The van der Waals surface area contributed by atoms with Gasteiger partial charge in [-0.2, -0.15) is 0 Å². The summed E-state index contributed by atoms with van der Waals surface area (Å²) in [7, 11) is 0. The van der Waals surface area contributed by atoms with E-state index in [1.165, 1.54) is 4.90 Å². The molecule has 0 aromatic heterocycles. The average molecular weight is 344 g/mol. The normalized spacial score (nSPS) is 15.8. The van der Waals surface area contributed by atoms with E-state index >= 15 is 0 Å². The van der Waals surface area contributed by atoms with Gasteiger partial charge in [0.2, 0.25) is 5.91 Å².